The average molecular weight is 257 g/mol. The third-order valence-corrected chi connectivity index (χ3v) is 3.59. The smallest absolute Gasteiger partial charge is 0.0725 e. The highest BCUT2D eigenvalue weighted by atomic mass is 16.5. The first-order chi connectivity index (χ1) is 9.33. The number of hydrogen-bond donors (Lipinski definition) is 1. The van der Waals surface area contributed by atoms with Crippen LogP contribution in [0, 0.1) is 0 Å². The summed E-state index contributed by atoms with van der Waals surface area (Å²) in [5, 5.41) is 1.04. The molecule has 2 heterocycles. The third-order valence-electron chi connectivity index (χ3n) is 3.59. The Morgan fingerprint density at radius 2 is 2.00 bits per heavy atom. The molecule has 0 atom stereocenters. The first kappa shape index (κ1) is 12.4. The number of hydrogen-bond acceptors (Lipinski definition) is 4. The topological polar surface area (TPSA) is 51.4 Å². The molecule has 0 radical (unpaired) electrons. The molecule has 1 fully saturated rings. The molecule has 2 N–H and O–H groups in total. The van der Waals surface area contributed by atoms with E-state index in [1.807, 2.05) is 30.3 Å². The molecule has 19 heavy (non-hydrogen) atoms. The minimum Gasteiger partial charge on any atom is -0.398 e. The SMILES string of the molecule is Nc1cc(CCN2CCOCC2)nc2ccccc12. The lowest BCUT2D eigenvalue weighted by atomic mass is 10.1. The predicted octanol–water partition coefficient (Wildman–Crippen LogP) is 1.69. The molecule has 1 aromatic heterocycles. The van der Waals surface area contributed by atoms with E-state index in [1.165, 1.54) is 0 Å². The minimum atomic E-state index is 0.822. The molecule has 1 aliphatic heterocycles. The van der Waals surface area contributed by atoms with E-state index in [4.69, 9.17) is 10.5 Å². The van der Waals surface area contributed by atoms with E-state index < -0.39 is 0 Å². The maximum Gasteiger partial charge on any atom is 0.0725 e. The molecule has 1 saturated heterocycles. The first-order valence-corrected chi connectivity index (χ1v) is 6.77. The fraction of sp³-hybridized carbons (Fsp3) is 0.400. The number of fused-ring (bicyclic) bond motifs is 1. The van der Waals surface area contributed by atoms with Crippen molar-refractivity contribution < 1.29 is 4.74 Å². The number of anilines is 1. The molecule has 1 aromatic carbocycles. The Morgan fingerprint density at radius 3 is 2.84 bits per heavy atom. The summed E-state index contributed by atoms with van der Waals surface area (Å²) in [6.07, 6.45) is 0.940. The lowest BCUT2D eigenvalue weighted by Gasteiger charge is -2.26. The van der Waals surface area contributed by atoms with E-state index >= 15 is 0 Å². The number of aromatic nitrogens is 1. The fourth-order valence-electron chi connectivity index (χ4n) is 2.48. The number of nitrogens with two attached hydrogens (primary N) is 1. The molecule has 0 unspecified atom stereocenters. The average Bonchev–Trinajstić information content (AvgIpc) is 2.46. The summed E-state index contributed by atoms with van der Waals surface area (Å²) in [6.45, 7) is 4.74. The van der Waals surface area contributed by atoms with Crippen LogP contribution in [0.2, 0.25) is 0 Å². The Balaban J connectivity index is 1.73. The van der Waals surface area contributed by atoms with E-state index in [0.717, 1.165) is 61.6 Å². The third kappa shape index (κ3) is 2.85. The zero-order valence-electron chi connectivity index (χ0n) is 11.0. The second-order valence-corrected chi connectivity index (χ2v) is 4.92. The van der Waals surface area contributed by atoms with Crippen molar-refractivity contribution in [2.75, 3.05) is 38.6 Å². The summed E-state index contributed by atoms with van der Waals surface area (Å²) in [6, 6.07) is 10.0. The largest absolute Gasteiger partial charge is 0.398 e. The van der Waals surface area contributed by atoms with Crippen molar-refractivity contribution in [2.24, 2.45) is 0 Å². The van der Waals surface area contributed by atoms with Crippen LogP contribution in [0.1, 0.15) is 5.69 Å². The molecule has 0 amide bonds. The maximum atomic E-state index is 6.09. The highest BCUT2D eigenvalue weighted by molar-refractivity contribution is 5.90. The van der Waals surface area contributed by atoms with E-state index in [0.29, 0.717) is 0 Å². The van der Waals surface area contributed by atoms with Gasteiger partial charge >= 0.3 is 0 Å². The highest BCUT2D eigenvalue weighted by Gasteiger charge is 2.11. The zero-order valence-corrected chi connectivity index (χ0v) is 11.0. The van der Waals surface area contributed by atoms with Gasteiger partial charge in [-0.05, 0) is 12.1 Å². The standard InChI is InChI=1S/C15H19N3O/c16-14-11-12(5-6-18-7-9-19-10-8-18)17-15-4-2-1-3-13(14)15/h1-4,11H,5-10H2,(H2,16,17). The number of rotatable bonds is 3. The summed E-state index contributed by atoms with van der Waals surface area (Å²) in [7, 11) is 0. The van der Waals surface area contributed by atoms with Gasteiger partial charge in [0, 0.05) is 42.8 Å². The molecule has 4 heteroatoms. The van der Waals surface area contributed by atoms with Gasteiger partial charge in [-0.3, -0.25) is 9.88 Å². The molecular formula is C15H19N3O. The van der Waals surface area contributed by atoms with Crippen molar-refractivity contribution in [2.45, 2.75) is 6.42 Å². The van der Waals surface area contributed by atoms with Gasteiger partial charge in [-0.1, -0.05) is 18.2 Å². The molecule has 100 valence electrons. The Labute approximate surface area is 113 Å². The monoisotopic (exact) mass is 257 g/mol. The van der Waals surface area contributed by atoms with Crippen LogP contribution in [0.15, 0.2) is 30.3 Å². The summed E-state index contributed by atoms with van der Waals surface area (Å²) in [5.74, 6) is 0. The minimum absolute atomic E-state index is 0.822. The quantitative estimate of drug-likeness (QED) is 0.909. The van der Waals surface area contributed by atoms with Crippen LogP contribution in [0.4, 0.5) is 5.69 Å². The summed E-state index contributed by atoms with van der Waals surface area (Å²) in [4.78, 5) is 7.10. The number of pyridine rings is 1. The number of benzene rings is 1. The van der Waals surface area contributed by atoms with Crippen LogP contribution in [0.25, 0.3) is 10.9 Å². The van der Waals surface area contributed by atoms with Crippen molar-refractivity contribution in [3.8, 4) is 0 Å². The number of nitrogen functional groups attached to an aromatic ring is 1. The van der Waals surface area contributed by atoms with Crippen molar-refractivity contribution >= 4 is 16.6 Å². The van der Waals surface area contributed by atoms with E-state index in [-0.39, 0.29) is 0 Å². The lowest BCUT2D eigenvalue weighted by Crippen LogP contribution is -2.37. The van der Waals surface area contributed by atoms with Crippen LogP contribution < -0.4 is 5.73 Å². The van der Waals surface area contributed by atoms with Crippen molar-refractivity contribution in [3.05, 3.63) is 36.0 Å². The molecule has 2 aromatic rings. The lowest BCUT2D eigenvalue weighted by molar-refractivity contribution is 0.0383. The molecule has 4 nitrogen and oxygen atoms in total. The van der Waals surface area contributed by atoms with Gasteiger partial charge in [0.25, 0.3) is 0 Å². The summed E-state index contributed by atoms with van der Waals surface area (Å²) in [5.41, 5.74) is 8.97. The number of para-hydroxylation sites is 1. The van der Waals surface area contributed by atoms with Gasteiger partial charge in [0.15, 0.2) is 0 Å². The molecule has 0 spiro atoms. The Hall–Kier alpha value is -1.65. The van der Waals surface area contributed by atoms with Gasteiger partial charge in [0.2, 0.25) is 0 Å². The molecule has 0 saturated carbocycles. The second-order valence-electron chi connectivity index (χ2n) is 4.92. The highest BCUT2D eigenvalue weighted by Crippen LogP contribution is 2.20. The summed E-state index contributed by atoms with van der Waals surface area (Å²) < 4.78 is 5.35. The predicted molar refractivity (Wildman–Crippen MR) is 77.1 cm³/mol. The van der Waals surface area contributed by atoms with Gasteiger partial charge in [0.05, 0.1) is 18.7 Å². The van der Waals surface area contributed by atoms with Crippen LogP contribution in [0.3, 0.4) is 0 Å². The van der Waals surface area contributed by atoms with E-state index in [1.54, 1.807) is 0 Å². The normalized spacial score (nSPS) is 16.8. The van der Waals surface area contributed by atoms with Crippen LogP contribution in [0.5, 0.6) is 0 Å². The Morgan fingerprint density at radius 1 is 1.21 bits per heavy atom. The number of morpholine rings is 1. The number of nitrogens with zero attached hydrogens (tertiary/aromatic N) is 2. The van der Waals surface area contributed by atoms with Crippen molar-refractivity contribution in [1.29, 1.82) is 0 Å². The van der Waals surface area contributed by atoms with Crippen molar-refractivity contribution in [1.82, 2.24) is 9.88 Å². The molecular weight excluding hydrogens is 238 g/mol. The van der Waals surface area contributed by atoms with Gasteiger partial charge in [-0.25, -0.2) is 0 Å². The zero-order chi connectivity index (χ0) is 13.1. The molecule has 0 aliphatic carbocycles. The van der Waals surface area contributed by atoms with Gasteiger partial charge in [0.1, 0.15) is 0 Å². The second kappa shape index (κ2) is 5.55. The molecule has 0 bridgehead atoms. The maximum absolute atomic E-state index is 6.09. The van der Waals surface area contributed by atoms with Crippen LogP contribution in [-0.2, 0) is 11.2 Å². The van der Waals surface area contributed by atoms with Gasteiger partial charge < -0.3 is 10.5 Å². The Kier molecular flexibility index (Phi) is 3.62. The van der Waals surface area contributed by atoms with Gasteiger partial charge in [-0.15, -0.1) is 0 Å². The van der Waals surface area contributed by atoms with E-state index in [2.05, 4.69) is 9.88 Å². The Bertz CT molecular complexity index is 564. The number of ether oxygens (including phenoxy) is 1. The first-order valence-electron chi connectivity index (χ1n) is 6.77. The molecule has 1 aliphatic rings. The summed E-state index contributed by atoms with van der Waals surface area (Å²) >= 11 is 0. The van der Waals surface area contributed by atoms with Crippen LogP contribution in [-0.4, -0.2) is 42.7 Å². The van der Waals surface area contributed by atoms with Crippen LogP contribution >= 0.6 is 0 Å². The van der Waals surface area contributed by atoms with E-state index in [9.17, 15) is 0 Å². The van der Waals surface area contributed by atoms with Crippen molar-refractivity contribution in [3.63, 3.8) is 0 Å². The van der Waals surface area contributed by atoms with Gasteiger partial charge in [-0.2, -0.15) is 0 Å². The fourth-order valence-corrected chi connectivity index (χ4v) is 2.48. The molecule has 3 rings (SSSR count).